The quantitative estimate of drug-likeness (QED) is 0.0662. The molecule has 4 aliphatic rings. The number of aromatic nitrogens is 2. The minimum Gasteiger partial charge on any atom is -0.484 e. The number of hydrogen-bond acceptors (Lipinski definition) is 10. The van der Waals surface area contributed by atoms with E-state index in [0.29, 0.717) is 91.2 Å². The van der Waals surface area contributed by atoms with Crippen LogP contribution in [0.25, 0.3) is 18.2 Å². The Labute approximate surface area is 391 Å². The molecule has 2 aromatic carbocycles. The van der Waals surface area contributed by atoms with Crippen molar-refractivity contribution in [2.24, 2.45) is 0 Å². The van der Waals surface area contributed by atoms with Gasteiger partial charge in [-0.1, -0.05) is 48.9 Å². The Bertz CT molecular complexity index is 2700. The van der Waals surface area contributed by atoms with Gasteiger partial charge in [-0.2, -0.15) is 0 Å². The van der Waals surface area contributed by atoms with Crippen molar-refractivity contribution in [2.45, 2.75) is 31.7 Å². The Balaban J connectivity index is 0.627. The van der Waals surface area contributed by atoms with Crippen molar-refractivity contribution in [3.05, 3.63) is 142 Å². The fourth-order valence-corrected chi connectivity index (χ4v) is 9.72. The first-order valence-electron chi connectivity index (χ1n) is 22.7. The predicted octanol–water partition coefficient (Wildman–Crippen LogP) is 7.03. The number of anilines is 3. The van der Waals surface area contributed by atoms with Crippen molar-refractivity contribution in [3.8, 4) is 5.75 Å². The summed E-state index contributed by atoms with van der Waals surface area (Å²) < 4.78 is 39.1. The molecule has 7 heterocycles. The molecule has 0 aliphatic carbocycles. The Morgan fingerprint density at radius 2 is 1.67 bits per heavy atom. The van der Waals surface area contributed by atoms with Gasteiger partial charge in [-0.15, -0.1) is 11.3 Å². The van der Waals surface area contributed by atoms with Gasteiger partial charge in [0, 0.05) is 80.4 Å². The number of rotatable bonds is 17. The minimum absolute atomic E-state index is 0.00668. The molecular weight excluding hydrogens is 875 g/mol. The average molecular weight is 927 g/mol. The number of allylic oxidation sites excluding steroid dienone is 1. The number of para-hydroxylation sites is 1. The lowest BCUT2D eigenvalue weighted by molar-refractivity contribution is -0.123. The van der Waals surface area contributed by atoms with Gasteiger partial charge in [0.2, 0.25) is 11.8 Å². The molecule has 5 aromatic rings. The lowest BCUT2D eigenvalue weighted by atomic mass is 9.87. The lowest BCUT2D eigenvalue weighted by Crippen LogP contribution is -2.54. The van der Waals surface area contributed by atoms with Crippen molar-refractivity contribution in [2.75, 3.05) is 69.2 Å². The summed E-state index contributed by atoms with van der Waals surface area (Å²) in [5.41, 5.74) is 3.57. The normalized spacial score (nSPS) is 17.5. The van der Waals surface area contributed by atoms with Crippen LogP contribution in [0.4, 0.5) is 25.8 Å². The number of nitrogens with zero attached hydrogens (tertiary/aromatic N) is 6. The van der Waals surface area contributed by atoms with Crippen molar-refractivity contribution in [1.82, 2.24) is 34.7 Å². The number of halogens is 2. The molecule has 0 saturated carbocycles. The number of thiophene rings is 1. The van der Waals surface area contributed by atoms with Crippen molar-refractivity contribution in [1.29, 1.82) is 0 Å². The van der Waals surface area contributed by atoms with Crippen LogP contribution in [-0.4, -0.2) is 114 Å². The first-order valence-corrected chi connectivity index (χ1v) is 23.5. The molecule has 67 heavy (non-hydrogen) atoms. The summed E-state index contributed by atoms with van der Waals surface area (Å²) in [6.07, 6.45) is 13.1. The number of ether oxygens (including phenoxy) is 1. The van der Waals surface area contributed by atoms with E-state index in [1.165, 1.54) is 21.0 Å². The van der Waals surface area contributed by atoms with E-state index in [1.54, 1.807) is 91.2 Å². The molecule has 1 atom stereocenters. The largest absolute Gasteiger partial charge is 0.530 e. The Morgan fingerprint density at radius 3 is 2.49 bits per heavy atom. The molecule has 4 amide bonds. The van der Waals surface area contributed by atoms with Crippen molar-refractivity contribution in [3.63, 3.8) is 0 Å². The second-order valence-corrected chi connectivity index (χ2v) is 17.8. The minimum atomic E-state index is -4.09. The van der Waals surface area contributed by atoms with Crippen LogP contribution >= 0.6 is 11.3 Å². The topological polar surface area (TPSA) is 144 Å². The zero-order chi connectivity index (χ0) is 46.3. The molecule has 9 rings (SSSR count). The number of unbranched alkanes of at least 4 members (excludes halogenated alkanes) is 2. The van der Waals surface area contributed by atoms with Gasteiger partial charge in [-0.3, -0.25) is 33.9 Å². The molecule has 1 saturated heterocycles. The Morgan fingerprint density at radius 1 is 0.866 bits per heavy atom. The molecule has 18 heteroatoms. The number of amides is 4. The fourth-order valence-electron chi connectivity index (χ4n) is 8.92. The van der Waals surface area contributed by atoms with Gasteiger partial charge in [-0.25, -0.2) is 4.98 Å². The standard InChI is InChI=1S/C49H51BF2N9O5S/c51-50(52)60-36(17-18-37(60)32-38-19-22-43(61(38)50)44-11-7-31-67-44)16-13-35-14-20-39(21-15-35)66-34-46(63)53-23-5-1-2-12-45(62)54-25-26-57-27-29-58(30-28-57)33-47(64)59-42-10-4-3-8-40(42)49(65)56-41-9-6-24-55-48(41)59/h3-4,6-11,13-22,24,31-32,43H,1-2,5,12,23,25-30,33-34H2,(H,53,63)(H,54,62)(H,56,65)/q-1/b16-13+. The van der Waals surface area contributed by atoms with Crippen LogP contribution in [0.15, 0.2) is 114 Å². The number of fused-ring (bicyclic) bond motifs is 4. The van der Waals surface area contributed by atoms with Gasteiger partial charge >= 0.3 is 6.97 Å². The molecule has 1 fully saturated rings. The number of carbonyl (C=O) groups excluding carboxylic acids is 4. The van der Waals surface area contributed by atoms with Gasteiger partial charge in [0.05, 0.1) is 29.5 Å². The van der Waals surface area contributed by atoms with Crippen LogP contribution < -0.4 is 25.6 Å². The van der Waals surface area contributed by atoms with Gasteiger partial charge in [0.1, 0.15) is 5.75 Å². The molecule has 1 unspecified atom stereocenters. The smallest absolute Gasteiger partial charge is 0.484 e. The highest BCUT2D eigenvalue weighted by molar-refractivity contribution is 7.10. The zero-order valence-electron chi connectivity index (χ0n) is 36.9. The molecule has 3 aromatic heterocycles. The molecular formula is C49H51BF2N9O5S-. The third-order valence-electron chi connectivity index (χ3n) is 12.4. The summed E-state index contributed by atoms with van der Waals surface area (Å²) in [5, 5.41) is 10.6. The second-order valence-electron chi connectivity index (χ2n) is 16.8. The van der Waals surface area contributed by atoms with E-state index < -0.39 is 13.0 Å². The van der Waals surface area contributed by atoms with E-state index >= 15 is 8.63 Å². The monoisotopic (exact) mass is 926 g/mol. The van der Waals surface area contributed by atoms with Crippen LogP contribution in [-0.2, 0) is 14.4 Å². The molecule has 14 nitrogen and oxygen atoms in total. The third kappa shape index (κ3) is 10.3. The molecule has 3 N–H and O–H groups in total. The van der Waals surface area contributed by atoms with Gasteiger partial charge < -0.3 is 38.6 Å². The lowest BCUT2D eigenvalue weighted by Gasteiger charge is -2.47. The van der Waals surface area contributed by atoms with Gasteiger partial charge in [0.15, 0.2) is 12.4 Å². The third-order valence-corrected chi connectivity index (χ3v) is 13.3. The molecule has 0 radical (unpaired) electrons. The second kappa shape index (κ2) is 20.3. The highest BCUT2D eigenvalue weighted by Crippen LogP contribution is 2.45. The Hall–Kier alpha value is -6.89. The Kier molecular flexibility index (Phi) is 13.7. The number of hydrogen-bond donors (Lipinski definition) is 3. The van der Waals surface area contributed by atoms with E-state index in [4.69, 9.17) is 4.74 Å². The number of nitrogens with one attached hydrogen (secondary N) is 3. The van der Waals surface area contributed by atoms with Gasteiger partial charge in [-0.05, 0) is 96.6 Å². The summed E-state index contributed by atoms with van der Waals surface area (Å²) in [6, 6.07) is 24.3. The highest BCUT2D eigenvalue weighted by atomic mass is 32.1. The zero-order valence-corrected chi connectivity index (χ0v) is 37.7. The van der Waals surface area contributed by atoms with E-state index in [-0.39, 0.29) is 36.8 Å². The van der Waals surface area contributed by atoms with E-state index in [0.717, 1.165) is 40.8 Å². The summed E-state index contributed by atoms with van der Waals surface area (Å²) in [4.78, 5) is 64.1. The number of carbonyl (C=O) groups is 4. The maximum absolute atomic E-state index is 16.1. The van der Waals surface area contributed by atoms with Crippen LogP contribution in [0.2, 0.25) is 0 Å². The maximum atomic E-state index is 16.1. The van der Waals surface area contributed by atoms with Crippen molar-refractivity contribution >= 4 is 77.4 Å². The summed E-state index contributed by atoms with van der Waals surface area (Å²) >= 11 is 1.47. The molecule has 0 spiro atoms. The summed E-state index contributed by atoms with van der Waals surface area (Å²) in [5.74, 6) is 0.205. The molecule has 0 bridgehead atoms. The number of pyridine rings is 1. The average Bonchev–Trinajstić information content (AvgIpc) is 4.11. The van der Waals surface area contributed by atoms with Crippen LogP contribution in [0.1, 0.15) is 63.9 Å². The van der Waals surface area contributed by atoms with Crippen LogP contribution in [0.5, 0.6) is 5.75 Å². The number of benzene rings is 2. The van der Waals surface area contributed by atoms with E-state index in [9.17, 15) is 19.2 Å². The van der Waals surface area contributed by atoms with E-state index in [1.807, 2.05) is 35.7 Å². The maximum Gasteiger partial charge on any atom is 0.530 e. The van der Waals surface area contributed by atoms with Crippen molar-refractivity contribution < 1.29 is 32.5 Å². The predicted molar refractivity (Wildman–Crippen MR) is 258 cm³/mol. The highest BCUT2D eigenvalue weighted by Gasteiger charge is 2.45. The summed E-state index contributed by atoms with van der Waals surface area (Å²) in [6.45, 7) is 0.557. The van der Waals surface area contributed by atoms with Crippen LogP contribution in [0, 0.1) is 0 Å². The first kappa shape index (κ1) is 45.3. The van der Waals surface area contributed by atoms with E-state index in [2.05, 4.69) is 30.7 Å². The molecule has 4 aliphatic heterocycles. The van der Waals surface area contributed by atoms with Gasteiger partial charge in [0.25, 0.3) is 11.8 Å². The summed E-state index contributed by atoms with van der Waals surface area (Å²) in [7, 11) is 0. The molecule has 346 valence electrons. The fraction of sp³-hybridized carbons (Fsp3) is 0.286. The number of piperazine rings is 1. The van der Waals surface area contributed by atoms with Crippen LogP contribution in [0.3, 0.4) is 0 Å². The SMILES string of the molecule is O=C(CCCCCNC(=O)COc1ccc(/C=C/c2ccc3n2[B-](F)(F)N2C(=C3)C=CC2c2cccs2)cc1)NCCN1CCN(CC(=O)N2c3ccccc3C(=O)Nc3cccnc32)CC1. The first-order chi connectivity index (χ1) is 32.6.